The molecule has 1 aliphatic carbocycles. The van der Waals surface area contributed by atoms with E-state index in [4.69, 9.17) is 4.74 Å². The Hall–Kier alpha value is -1.87. The summed E-state index contributed by atoms with van der Waals surface area (Å²) < 4.78 is 5.50. The second-order valence-corrected chi connectivity index (χ2v) is 6.43. The molecular weight excluding hydrogens is 272 g/mol. The van der Waals surface area contributed by atoms with Crippen LogP contribution < -0.4 is 5.32 Å². The maximum absolute atomic E-state index is 5.50. The van der Waals surface area contributed by atoms with Gasteiger partial charge in [0.05, 0.1) is 13.2 Å². The summed E-state index contributed by atoms with van der Waals surface area (Å²) in [4.78, 5) is 4.59. The van der Waals surface area contributed by atoms with E-state index in [1.807, 2.05) is 0 Å². The van der Waals surface area contributed by atoms with Gasteiger partial charge in [0.1, 0.15) is 5.82 Å². The first kappa shape index (κ1) is 13.8. The van der Waals surface area contributed by atoms with E-state index in [-0.39, 0.29) is 6.04 Å². The van der Waals surface area contributed by atoms with Gasteiger partial charge < -0.3 is 10.1 Å². The molecule has 3 nitrogen and oxygen atoms in total. The van der Waals surface area contributed by atoms with Crippen molar-refractivity contribution in [3.05, 3.63) is 58.3 Å². The van der Waals surface area contributed by atoms with Gasteiger partial charge in [0, 0.05) is 12.2 Å². The van der Waals surface area contributed by atoms with Crippen LogP contribution in [0.4, 0.5) is 5.82 Å². The molecule has 1 unspecified atom stereocenters. The van der Waals surface area contributed by atoms with Crippen molar-refractivity contribution in [1.29, 1.82) is 0 Å². The summed E-state index contributed by atoms with van der Waals surface area (Å²) in [7, 11) is 0. The third kappa shape index (κ3) is 2.61. The molecule has 0 spiro atoms. The second-order valence-electron chi connectivity index (χ2n) is 6.43. The number of fused-ring (bicyclic) bond motifs is 2. The zero-order valence-corrected chi connectivity index (χ0v) is 13.1. The molecular formula is C19H22N2O. The maximum atomic E-state index is 5.50. The van der Waals surface area contributed by atoms with Crippen LogP contribution in [0, 0.1) is 0 Å². The van der Waals surface area contributed by atoms with Crippen LogP contribution in [0.3, 0.4) is 0 Å². The minimum absolute atomic E-state index is 0.250. The highest BCUT2D eigenvalue weighted by Gasteiger charge is 2.15. The van der Waals surface area contributed by atoms with Gasteiger partial charge in [-0.25, -0.2) is 4.98 Å². The monoisotopic (exact) mass is 294 g/mol. The Labute approximate surface area is 131 Å². The Balaban J connectivity index is 1.53. The number of pyridine rings is 1. The standard InChI is InChI=1S/C19H22N2O/c1-13(14-6-7-17-11-22-12-18(17)8-14)21-19-9-15-4-2-3-5-16(15)10-20-19/h6-10,13H,2-5,11-12H2,1H3,(H,20,21). The van der Waals surface area contributed by atoms with Crippen LogP contribution >= 0.6 is 0 Å². The minimum Gasteiger partial charge on any atom is -0.372 e. The molecule has 0 radical (unpaired) electrons. The van der Waals surface area contributed by atoms with Crippen LogP contribution in [0.25, 0.3) is 0 Å². The number of rotatable bonds is 3. The topological polar surface area (TPSA) is 34.2 Å². The van der Waals surface area contributed by atoms with E-state index in [0.717, 1.165) is 19.0 Å². The fourth-order valence-electron chi connectivity index (χ4n) is 3.46. The van der Waals surface area contributed by atoms with E-state index in [2.05, 4.69) is 47.7 Å². The van der Waals surface area contributed by atoms with Crippen LogP contribution in [-0.2, 0) is 30.8 Å². The molecule has 2 aromatic rings. The molecule has 0 saturated carbocycles. The number of ether oxygens (including phenoxy) is 1. The molecule has 114 valence electrons. The number of nitrogens with zero attached hydrogens (tertiary/aromatic N) is 1. The fraction of sp³-hybridized carbons (Fsp3) is 0.421. The molecule has 1 N–H and O–H groups in total. The Morgan fingerprint density at radius 3 is 2.73 bits per heavy atom. The van der Waals surface area contributed by atoms with Crippen LogP contribution in [0.5, 0.6) is 0 Å². The molecule has 1 aromatic carbocycles. The first-order chi connectivity index (χ1) is 10.8. The Morgan fingerprint density at radius 1 is 1.00 bits per heavy atom. The number of aromatic nitrogens is 1. The smallest absolute Gasteiger partial charge is 0.126 e. The van der Waals surface area contributed by atoms with Crippen molar-refractivity contribution < 1.29 is 4.74 Å². The summed E-state index contributed by atoms with van der Waals surface area (Å²) in [6, 6.07) is 9.14. The number of aryl methyl sites for hydroxylation is 2. The predicted molar refractivity (Wildman–Crippen MR) is 87.9 cm³/mol. The molecule has 1 atom stereocenters. The molecule has 0 saturated heterocycles. The molecule has 0 bridgehead atoms. The van der Waals surface area contributed by atoms with Gasteiger partial charge >= 0.3 is 0 Å². The zero-order chi connectivity index (χ0) is 14.9. The molecule has 4 rings (SSSR count). The molecule has 2 heterocycles. The third-order valence-electron chi connectivity index (χ3n) is 4.83. The highest BCUT2D eigenvalue weighted by Crippen LogP contribution is 2.27. The molecule has 3 heteroatoms. The lowest BCUT2D eigenvalue weighted by atomic mass is 9.93. The SMILES string of the molecule is CC(Nc1cc2c(cn1)CCCC2)c1ccc2c(c1)COC2. The Bertz CT molecular complexity index is 696. The van der Waals surface area contributed by atoms with Gasteiger partial charge in [0.2, 0.25) is 0 Å². The van der Waals surface area contributed by atoms with E-state index in [1.165, 1.54) is 53.5 Å². The highest BCUT2D eigenvalue weighted by atomic mass is 16.5. The fourth-order valence-corrected chi connectivity index (χ4v) is 3.46. The van der Waals surface area contributed by atoms with E-state index in [0.29, 0.717) is 0 Å². The van der Waals surface area contributed by atoms with Gasteiger partial charge in [0.25, 0.3) is 0 Å². The summed E-state index contributed by atoms with van der Waals surface area (Å²) in [6.45, 7) is 3.69. The number of hydrogen-bond acceptors (Lipinski definition) is 3. The van der Waals surface area contributed by atoms with Gasteiger partial charge in [-0.3, -0.25) is 0 Å². The van der Waals surface area contributed by atoms with Crippen molar-refractivity contribution in [2.24, 2.45) is 0 Å². The number of anilines is 1. The van der Waals surface area contributed by atoms with Gasteiger partial charge in [-0.2, -0.15) is 0 Å². The average Bonchev–Trinajstić information content (AvgIpc) is 3.02. The zero-order valence-electron chi connectivity index (χ0n) is 13.1. The normalized spacial score (nSPS) is 17.7. The lowest BCUT2D eigenvalue weighted by molar-refractivity contribution is 0.134. The predicted octanol–water partition coefficient (Wildman–Crippen LogP) is 4.16. The van der Waals surface area contributed by atoms with Crippen LogP contribution in [-0.4, -0.2) is 4.98 Å². The summed E-state index contributed by atoms with van der Waals surface area (Å²) in [5.41, 5.74) is 6.84. The number of nitrogens with one attached hydrogen (secondary N) is 1. The number of hydrogen-bond donors (Lipinski definition) is 1. The summed E-state index contributed by atoms with van der Waals surface area (Å²) >= 11 is 0. The maximum Gasteiger partial charge on any atom is 0.126 e. The highest BCUT2D eigenvalue weighted by molar-refractivity contribution is 5.45. The average molecular weight is 294 g/mol. The summed E-state index contributed by atoms with van der Waals surface area (Å²) in [6.07, 6.45) is 7.03. The first-order valence-electron chi connectivity index (χ1n) is 8.23. The van der Waals surface area contributed by atoms with Crippen molar-refractivity contribution in [1.82, 2.24) is 4.98 Å². The molecule has 0 fully saturated rings. The lowest BCUT2D eigenvalue weighted by Crippen LogP contribution is -2.10. The van der Waals surface area contributed by atoms with Gasteiger partial charge in [-0.15, -0.1) is 0 Å². The molecule has 1 aliphatic heterocycles. The molecule has 2 aliphatic rings. The van der Waals surface area contributed by atoms with Crippen molar-refractivity contribution in [2.75, 3.05) is 5.32 Å². The van der Waals surface area contributed by atoms with Gasteiger partial charge in [-0.05, 0) is 66.5 Å². The van der Waals surface area contributed by atoms with E-state index < -0.39 is 0 Å². The van der Waals surface area contributed by atoms with Crippen LogP contribution in [0.15, 0.2) is 30.5 Å². The van der Waals surface area contributed by atoms with E-state index in [1.54, 1.807) is 0 Å². The molecule has 1 aromatic heterocycles. The van der Waals surface area contributed by atoms with Gasteiger partial charge in [0.15, 0.2) is 0 Å². The molecule has 22 heavy (non-hydrogen) atoms. The van der Waals surface area contributed by atoms with Crippen molar-refractivity contribution in [3.63, 3.8) is 0 Å². The van der Waals surface area contributed by atoms with Gasteiger partial charge in [-0.1, -0.05) is 18.2 Å². The first-order valence-corrected chi connectivity index (χ1v) is 8.23. The van der Waals surface area contributed by atoms with Crippen LogP contribution in [0.2, 0.25) is 0 Å². The van der Waals surface area contributed by atoms with Crippen molar-refractivity contribution >= 4 is 5.82 Å². The lowest BCUT2D eigenvalue weighted by Gasteiger charge is -2.19. The summed E-state index contributed by atoms with van der Waals surface area (Å²) in [5, 5.41) is 3.55. The Kier molecular flexibility index (Phi) is 3.59. The van der Waals surface area contributed by atoms with E-state index in [9.17, 15) is 0 Å². The number of benzene rings is 1. The summed E-state index contributed by atoms with van der Waals surface area (Å²) in [5.74, 6) is 0.991. The molecule has 0 amide bonds. The quantitative estimate of drug-likeness (QED) is 0.922. The minimum atomic E-state index is 0.250. The largest absolute Gasteiger partial charge is 0.372 e. The third-order valence-corrected chi connectivity index (χ3v) is 4.83. The van der Waals surface area contributed by atoms with Crippen molar-refractivity contribution in [2.45, 2.75) is 51.9 Å². The van der Waals surface area contributed by atoms with Crippen LogP contribution in [0.1, 0.15) is 53.6 Å². The Morgan fingerprint density at radius 2 is 1.82 bits per heavy atom. The van der Waals surface area contributed by atoms with E-state index >= 15 is 0 Å². The van der Waals surface area contributed by atoms with Crippen molar-refractivity contribution in [3.8, 4) is 0 Å². The second kappa shape index (κ2) is 5.73.